The second-order valence-corrected chi connectivity index (χ2v) is 13.0. The summed E-state index contributed by atoms with van der Waals surface area (Å²) in [7, 11) is -0.911. The Morgan fingerprint density at radius 3 is 2.20 bits per heavy atom. The van der Waals surface area contributed by atoms with Crippen molar-refractivity contribution in [1.29, 1.82) is 0 Å². The first-order valence-electron chi connectivity index (χ1n) is 10.3. The van der Waals surface area contributed by atoms with Gasteiger partial charge in [-0.05, 0) is 52.1 Å². The molecular formula is C22H34N2O5Si. The summed E-state index contributed by atoms with van der Waals surface area (Å²) < 4.78 is 13.6. The highest BCUT2D eigenvalue weighted by Crippen LogP contribution is 2.40. The lowest BCUT2D eigenvalue weighted by molar-refractivity contribution is -0.384. The van der Waals surface area contributed by atoms with Crippen LogP contribution in [0.5, 0.6) is 0 Å². The number of nitrogens with zero attached hydrogens (tertiary/aromatic N) is 2. The van der Waals surface area contributed by atoms with Gasteiger partial charge in [-0.3, -0.25) is 10.1 Å². The third-order valence-electron chi connectivity index (χ3n) is 4.64. The van der Waals surface area contributed by atoms with Gasteiger partial charge in [-0.2, -0.15) is 0 Å². The maximum absolute atomic E-state index is 13.1. The summed E-state index contributed by atoms with van der Waals surface area (Å²) in [5.74, 6) is 0. The molecule has 0 fully saturated rings. The Morgan fingerprint density at radius 1 is 1.13 bits per heavy atom. The first-order valence-corrected chi connectivity index (χ1v) is 11.6. The van der Waals surface area contributed by atoms with Gasteiger partial charge < -0.3 is 9.16 Å². The molecule has 1 aromatic carbocycles. The molecule has 30 heavy (non-hydrogen) atoms. The fourth-order valence-electron chi connectivity index (χ4n) is 3.44. The molecule has 1 aromatic heterocycles. The quantitative estimate of drug-likeness (QED) is 0.355. The van der Waals surface area contributed by atoms with Gasteiger partial charge >= 0.3 is 6.09 Å². The summed E-state index contributed by atoms with van der Waals surface area (Å²) in [6, 6.07) is 4.58. The molecule has 166 valence electrons. The Balaban J connectivity index is 2.80. The number of rotatable bonds is 5. The molecule has 1 heterocycles. The zero-order chi connectivity index (χ0) is 23.1. The minimum absolute atomic E-state index is 0.0170. The summed E-state index contributed by atoms with van der Waals surface area (Å²) in [6.45, 7) is 17.8. The highest BCUT2D eigenvalue weighted by atomic mass is 28.2. The average molecular weight is 435 g/mol. The van der Waals surface area contributed by atoms with Crippen LogP contribution in [-0.4, -0.2) is 30.9 Å². The summed E-state index contributed by atoms with van der Waals surface area (Å²) >= 11 is 0. The monoisotopic (exact) mass is 434 g/mol. The van der Waals surface area contributed by atoms with Gasteiger partial charge in [0.1, 0.15) is 5.60 Å². The van der Waals surface area contributed by atoms with Crippen LogP contribution in [0, 0.1) is 10.1 Å². The minimum Gasteiger partial charge on any atom is -0.443 e. The zero-order valence-electron chi connectivity index (χ0n) is 19.6. The van der Waals surface area contributed by atoms with Gasteiger partial charge in [-0.15, -0.1) is 0 Å². The van der Waals surface area contributed by atoms with Crippen molar-refractivity contribution in [3.63, 3.8) is 0 Å². The molecule has 0 atom stereocenters. The molecule has 8 heteroatoms. The van der Waals surface area contributed by atoms with Crippen molar-refractivity contribution >= 4 is 32.4 Å². The summed E-state index contributed by atoms with van der Waals surface area (Å²) in [5, 5.41) is 12.2. The van der Waals surface area contributed by atoms with Crippen molar-refractivity contribution in [2.45, 2.75) is 85.0 Å². The molecular weight excluding hydrogens is 400 g/mol. The normalized spacial score (nSPS) is 13.4. The van der Waals surface area contributed by atoms with Gasteiger partial charge in [0.25, 0.3) is 5.69 Å². The van der Waals surface area contributed by atoms with Crippen LogP contribution in [0.25, 0.3) is 10.9 Å². The second kappa shape index (κ2) is 8.15. The van der Waals surface area contributed by atoms with Crippen LogP contribution in [0.2, 0.25) is 5.04 Å². The Kier molecular flexibility index (Phi) is 6.54. The van der Waals surface area contributed by atoms with Gasteiger partial charge in [0.05, 0.1) is 16.0 Å². The van der Waals surface area contributed by atoms with Crippen LogP contribution in [0.15, 0.2) is 18.2 Å². The number of fused-ring (bicyclic) bond motifs is 1. The van der Waals surface area contributed by atoms with E-state index in [1.54, 1.807) is 10.6 Å². The molecule has 2 aromatic rings. The number of nitro benzene ring substituents is 1. The highest BCUT2D eigenvalue weighted by Gasteiger charge is 2.34. The van der Waals surface area contributed by atoms with Crippen molar-refractivity contribution in [2.24, 2.45) is 0 Å². The number of hydrogen-bond donors (Lipinski definition) is 0. The first-order chi connectivity index (χ1) is 13.6. The topological polar surface area (TPSA) is 83.6 Å². The summed E-state index contributed by atoms with van der Waals surface area (Å²) in [6.07, 6.45) is 0.0642. The van der Waals surface area contributed by atoms with Gasteiger partial charge in [0.2, 0.25) is 0 Å². The Hall–Kier alpha value is -2.19. The van der Waals surface area contributed by atoms with E-state index >= 15 is 0 Å². The van der Waals surface area contributed by atoms with Crippen LogP contribution in [0.4, 0.5) is 10.5 Å². The number of ether oxygens (including phenoxy) is 1. The highest BCUT2D eigenvalue weighted by molar-refractivity contribution is 6.31. The average Bonchev–Trinajstić information content (AvgIpc) is 2.92. The van der Waals surface area contributed by atoms with Crippen molar-refractivity contribution in [1.82, 2.24) is 4.57 Å². The molecule has 0 aliphatic carbocycles. The molecule has 0 amide bonds. The van der Waals surface area contributed by atoms with E-state index in [4.69, 9.17) is 9.16 Å². The van der Waals surface area contributed by atoms with Crippen LogP contribution >= 0.6 is 0 Å². The van der Waals surface area contributed by atoms with Gasteiger partial charge in [-0.25, -0.2) is 9.36 Å². The third kappa shape index (κ3) is 5.29. The van der Waals surface area contributed by atoms with Gasteiger partial charge in [0.15, 0.2) is 9.76 Å². The number of carbonyl (C=O) groups excluding carboxylic acids is 1. The van der Waals surface area contributed by atoms with Crippen molar-refractivity contribution in [3.05, 3.63) is 39.6 Å². The van der Waals surface area contributed by atoms with Crippen molar-refractivity contribution in [3.8, 4) is 0 Å². The lowest BCUT2D eigenvalue weighted by Gasteiger charge is -2.31. The molecule has 0 bridgehead atoms. The lowest BCUT2D eigenvalue weighted by atomic mass is 9.94. The molecule has 0 unspecified atom stereocenters. The summed E-state index contributed by atoms with van der Waals surface area (Å²) in [5.41, 5.74) is 0.780. The van der Waals surface area contributed by atoms with E-state index in [1.807, 2.05) is 41.5 Å². The number of non-ortho nitro benzene ring substituents is 1. The van der Waals surface area contributed by atoms with E-state index in [0.717, 1.165) is 11.3 Å². The maximum Gasteiger partial charge on any atom is 0.419 e. The Bertz CT molecular complexity index is 965. The number of nitro groups is 1. The van der Waals surface area contributed by atoms with E-state index < -0.39 is 32.0 Å². The third-order valence-corrected chi connectivity index (χ3v) is 6.37. The molecule has 0 aliphatic heterocycles. The summed E-state index contributed by atoms with van der Waals surface area (Å²) in [4.78, 5) is 24.1. The van der Waals surface area contributed by atoms with Crippen LogP contribution in [-0.2, 0) is 21.2 Å². The van der Waals surface area contributed by atoms with Crippen LogP contribution < -0.4 is 0 Å². The molecule has 2 rings (SSSR count). The molecule has 0 aliphatic rings. The smallest absolute Gasteiger partial charge is 0.419 e. The zero-order valence-corrected chi connectivity index (χ0v) is 21.0. The second-order valence-electron chi connectivity index (χ2n) is 10.3. The fourth-order valence-corrected chi connectivity index (χ4v) is 4.38. The standard InChI is InChI=1S/C22H34N2O5Si/c1-10-16-18(22(8,9)29-30-21(5,6)7)15-13-14(24(26)27)11-12-17(15)23(16)19(25)28-20(2,3)4/h11-13H,10,30H2,1-9H3. The maximum atomic E-state index is 13.1. The largest absolute Gasteiger partial charge is 0.443 e. The molecule has 0 spiro atoms. The van der Waals surface area contributed by atoms with Gasteiger partial charge in [-0.1, -0.05) is 27.7 Å². The number of carbonyl (C=O) groups is 1. The first kappa shape index (κ1) is 24.1. The van der Waals surface area contributed by atoms with E-state index in [2.05, 4.69) is 20.8 Å². The Labute approximate surface area is 180 Å². The number of aromatic nitrogens is 1. The molecule has 0 N–H and O–H groups in total. The predicted octanol–water partition coefficient (Wildman–Crippen LogP) is 5.45. The van der Waals surface area contributed by atoms with E-state index in [0.29, 0.717) is 17.3 Å². The predicted molar refractivity (Wildman–Crippen MR) is 122 cm³/mol. The SMILES string of the molecule is CCc1c(C(C)(C)O[SiH2]C(C)(C)C)c2cc([N+](=O)[O-])ccc2n1C(=O)OC(C)(C)C. The molecule has 0 saturated heterocycles. The van der Waals surface area contributed by atoms with E-state index in [9.17, 15) is 14.9 Å². The lowest BCUT2D eigenvalue weighted by Crippen LogP contribution is -2.30. The number of benzene rings is 1. The fraction of sp³-hybridized carbons (Fsp3) is 0.591. The van der Waals surface area contributed by atoms with Crippen molar-refractivity contribution < 1.29 is 18.9 Å². The minimum atomic E-state index is -0.911. The van der Waals surface area contributed by atoms with E-state index in [1.165, 1.54) is 12.1 Å². The number of hydrogen-bond acceptors (Lipinski definition) is 5. The molecule has 7 nitrogen and oxygen atoms in total. The molecule has 0 saturated carbocycles. The van der Waals surface area contributed by atoms with E-state index in [-0.39, 0.29) is 10.7 Å². The van der Waals surface area contributed by atoms with Gasteiger partial charge in [0, 0.05) is 28.8 Å². The van der Waals surface area contributed by atoms with Crippen molar-refractivity contribution in [2.75, 3.05) is 0 Å². The van der Waals surface area contributed by atoms with Crippen LogP contribution in [0.3, 0.4) is 0 Å². The Morgan fingerprint density at radius 2 is 1.73 bits per heavy atom. The molecule has 0 radical (unpaired) electrons. The van der Waals surface area contributed by atoms with Crippen LogP contribution in [0.1, 0.15) is 73.6 Å².